The first-order chi connectivity index (χ1) is 9.02. The summed E-state index contributed by atoms with van der Waals surface area (Å²) < 4.78 is 1.93. The molecule has 1 aromatic heterocycles. The average molecular weight is 375 g/mol. The van der Waals surface area contributed by atoms with Gasteiger partial charge < -0.3 is 10.6 Å². The molecule has 1 fully saturated rings. The van der Waals surface area contributed by atoms with Crippen molar-refractivity contribution in [3.63, 3.8) is 0 Å². The first kappa shape index (κ1) is 23.7. The normalized spacial score (nSPS) is 14.6. The molecular weight excluding hydrogens is 349 g/mol. The van der Waals surface area contributed by atoms with Crippen LogP contribution in [0.2, 0.25) is 0 Å². The van der Waals surface area contributed by atoms with Crippen molar-refractivity contribution >= 4 is 43.1 Å². The number of nitrogens with zero attached hydrogens (tertiary/aromatic N) is 4. The van der Waals surface area contributed by atoms with Gasteiger partial charge in [0.15, 0.2) is 0 Å². The lowest BCUT2D eigenvalue weighted by atomic mass is 10.1. The number of piperazine rings is 1. The Kier molecular flexibility index (Phi) is 11.1. The van der Waals surface area contributed by atoms with Crippen LogP contribution in [0.5, 0.6) is 0 Å². The fourth-order valence-electron chi connectivity index (χ4n) is 2.55. The van der Waals surface area contributed by atoms with Gasteiger partial charge in [0, 0.05) is 51.0 Å². The van der Waals surface area contributed by atoms with Crippen LogP contribution in [0.25, 0.3) is 0 Å². The summed E-state index contributed by atoms with van der Waals surface area (Å²) in [5.41, 5.74) is 9.01. The van der Waals surface area contributed by atoms with E-state index in [9.17, 15) is 4.79 Å². The Hall–Kier alpha value is -0.530. The molecule has 0 aliphatic carbocycles. The predicted molar refractivity (Wildman–Crippen MR) is 95.3 cm³/mol. The van der Waals surface area contributed by atoms with Crippen molar-refractivity contribution in [1.82, 2.24) is 19.6 Å². The molecule has 22 heavy (non-hydrogen) atoms. The fourth-order valence-corrected chi connectivity index (χ4v) is 2.55. The highest BCUT2D eigenvalue weighted by Gasteiger charge is 2.21. The van der Waals surface area contributed by atoms with Gasteiger partial charge in [-0.3, -0.25) is 14.4 Å². The first-order valence-corrected chi connectivity index (χ1v) is 6.72. The number of halogens is 3. The summed E-state index contributed by atoms with van der Waals surface area (Å²) >= 11 is 0. The predicted octanol–water partition coefficient (Wildman–Crippen LogP) is 0.905. The van der Waals surface area contributed by atoms with Crippen molar-refractivity contribution in [3.05, 3.63) is 17.0 Å². The van der Waals surface area contributed by atoms with Gasteiger partial charge in [0.25, 0.3) is 0 Å². The Balaban J connectivity index is 0. The highest BCUT2D eigenvalue weighted by atomic mass is 35.5. The number of carbonyl (C=O) groups is 1. The molecule has 0 bridgehead atoms. The monoisotopic (exact) mass is 373 g/mol. The molecule has 6 nitrogen and oxygen atoms in total. The van der Waals surface area contributed by atoms with E-state index in [0.29, 0.717) is 0 Å². The van der Waals surface area contributed by atoms with Crippen LogP contribution >= 0.6 is 37.2 Å². The van der Waals surface area contributed by atoms with E-state index >= 15 is 0 Å². The number of aryl methyl sites for hydroxylation is 2. The Bertz CT molecular complexity index is 472. The molecule has 0 aromatic carbocycles. The molecule has 2 heterocycles. The van der Waals surface area contributed by atoms with E-state index in [1.807, 2.05) is 16.6 Å². The molecule has 0 saturated carbocycles. The molecule has 0 atom stereocenters. The summed E-state index contributed by atoms with van der Waals surface area (Å²) in [6.45, 7) is 8.53. The Morgan fingerprint density at radius 3 is 2.09 bits per heavy atom. The number of rotatable bonds is 3. The summed E-state index contributed by atoms with van der Waals surface area (Å²) in [5, 5.41) is 4.44. The van der Waals surface area contributed by atoms with Gasteiger partial charge in [-0.15, -0.1) is 37.2 Å². The molecular formula is C13H26Cl3N5O. The number of amides is 1. The van der Waals surface area contributed by atoms with Gasteiger partial charge in [-0.05, 0) is 13.8 Å². The summed E-state index contributed by atoms with van der Waals surface area (Å²) in [6, 6.07) is 0. The third-order valence-electron chi connectivity index (χ3n) is 3.94. The van der Waals surface area contributed by atoms with E-state index in [-0.39, 0.29) is 49.7 Å². The fraction of sp³-hybridized carbons (Fsp3) is 0.692. The molecule has 1 aromatic rings. The number of hydrogen-bond donors (Lipinski definition) is 1. The molecule has 130 valence electrons. The van der Waals surface area contributed by atoms with Crippen LogP contribution in [0.15, 0.2) is 0 Å². The maximum Gasteiger partial charge on any atom is 0.236 e. The minimum atomic E-state index is 0. The van der Waals surface area contributed by atoms with Gasteiger partial charge in [-0.25, -0.2) is 0 Å². The second-order valence-electron chi connectivity index (χ2n) is 5.13. The van der Waals surface area contributed by atoms with Crippen molar-refractivity contribution in [2.24, 2.45) is 12.8 Å². The molecule has 1 saturated heterocycles. The molecule has 1 aliphatic rings. The van der Waals surface area contributed by atoms with E-state index in [2.05, 4.69) is 23.8 Å². The van der Waals surface area contributed by atoms with Crippen LogP contribution in [0.3, 0.4) is 0 Å². The van der Waals surface area contributed by atoms with Crippen molar-refractivity contribution in [3.8, 4) is 0 Å². The minimum Gasteiger partial charge on any atom is -0.339 e. The highest BCUT2D eigenvalue weighted by molar-refractivity contribution is 5.86. The van der Waals surface area contributed by atoms with Crippen molar-refractivity contribution < 1.29 is 4.79 Å². The average Bonchev–Trinajstić information content (AvgIpc) is 2.65. The smallest absolute Gasteiger partial charge is 0.236 e. The zero-order chi connectivity index (χ0) is 14.0. The molecule has 0 unspecified atom stereocenters. The maximum absolute atomic E-state index is 11.5. The van der Waals surface area contributed by atoms with Gasteiger partial charge >= 0.3 is 0 Å². The lowest BCUT2D eigenvalue weighted by Crippen LogP contribution is -2.49. The first-order valence-electron chi connectivity index (χ1n) is 6.72. The van der Waals surface area contributed by atoms with Gasteiger partial charge in [0.05, 0.1) is 12.2 Å². The topological polar surface area (TPSA) is 67.4 Å². The number of carbonyl (C=O) groups excluding carboxylic acids is 1. The minimum absolute atomic E-state index is 0. The van der Waals surface area contributed by atoms with Gasteiger partial charge in [0.2, 0.25) is 5.91 Å². The molecule has 2 N–H and O–H groups in total. The summed E-state index contributed by atoms with van der Waals surface area (Å²) in [5.74, 6) is 0.0494. The highest BCUT2D eigenvalue weighted by Crippen LogP contribution is 2.15. The van der Waals surface area contributed by atoms with Crippen molar-refractivity contribution in [1.29, 1.82) is 0 Å². The Morgan fingerprint density at radius 1 is 1.14 bits per heavy atom. The Morgan fingerprint density at radius 2 is 1.68 bits per heavy atom. The van der Waals surface area contributed by atoms with Crippen LogP contribution in [0.1, 0.15) is 17.0 Å². The van der Waals surface area contributed by atoms with Crippen molar-refractivity contribution in [2.45, 2.75) is 20.4 Å². The molecule has 1 amide bonds. The van der Waals surface area contributed by atoms with E-state index < -0.39 is 0 Å². The van der Waals surface area contributed by atoms with Gasteiger partial charge in [-0.1, -0.05) is 0 Å². The van der Waals surface area contributed by atoms with E-state index in [1.54, 1.807) is 0 Å². The number of aromatic nitrogens is 2. The zero-order valence-corrected chi connectivity index (χ0v) is 15.7. The standard InChI is InChI=1S/C13H23N5O.3ClH/c1-10-12(11(2)16(3)15-10)9-17-4-6-18(7-5-17)13(19)8-14;;;/h4-9,14H2,1-3H3;3*1H. The van der Waals surface area contributed by atoms with Crippen molar-refractivity contribution in [2.75, 3.05) is 32.7 Å². The SMILES string of the molecule is Cc1nn(C)c(C)c1CN1CCN(C(=O)CN)CC1.Cl.Cl.Cl. The third kappa shape index (κ3) is 5.28. The number of nitrogens with two attached hydrogens (primary N) is 1. The second kappa shape index (κ2) is 10.3. The Labute approximate surface area is 150 Å². The summed E-state index contributed by atoms with van der Waals surface area (Å²) in [7, 11) is 1.98. The van der Waals surface area contributed by atoms with Crippen LogP contribution < -0.4 is 5.73 Å². The summed E-state index contributed by atoms with van der Waals surface area (Å²) in [6.07, 6.45) is 0. The number of hydrogen-bond acceptors (Lipinski definition) is 4. The second-order valence-corrected chi connectivity index (χ2v) is 5.13. The molecule has 9 heteroatoms. The van der Waals surface area contributed by atoms with Gasteiger partial charge in [0.1, 0.15) is 0 Å². The third-order valence-corrected chi connectivity index (χ3v) is 3.94. The van der Waals surface area contributed by atoms with Crippen LogP contribution in [-0.4, -0.2) is 58.2 Å². The lowest BCUT2D eigenvalue weighted by molar-refractivity contribution is -0.131. The van der Waals surface area contributed by atoms with Gasteiger partial charge in [-0.2, -0.15) is 5.10 Å². The lowest BCUT2D eigenvalue weighted by Gasteiger charge is -2.34. The van der Waals surface area contributed by atoms with Crippen LogP contribution in [0, 0.1) is 13.8 Å². The molecule has 0 spiro atoms. The maximum atomic E-state index is 11.5. The van der Waals surface area contributed by atoms with E-state index in [1.165, 1.54) is 11.3 Å². The van der Waals surface area contributed by atoms with E-state index in [0.717, 1.165) is 38.4 Å². The van der Waals surface area contributed by atoms with Crippen LogP contribution in [0.4, 0.5) is 0 Å². The molecule has 2 rings (SSSR count). The molecule has 0 radical (unpaired) electrons. The zero-order valence-electron chi connectivity index (χ0n) is 13.2. The molecule has 1 aliphatic heterocycles. The largest absolute Gasteiger partial charge is 0.339 e. The van der Waals surface area contributed by atoms with Crippen LogP contribution in [-0.2, 0) is 18.4 Å². The van der Waals surface area contributed by atoms with E-state index in [4.69, 9.17) is 5.73 Å². The quantitative estimate of drug-likeness (QED) is 0.854. The summed E-state index contributed by atoms with van der Waals surface area (Å²) in [4.78, 5) is 15.7.